The van der Waals surface area contributed by atoms with Crippen molar-refractivity contribution in [2.75, 3.05) is 39.9 Å². The van der Waals surface area contributed by atoms with Crippen LogP contribution in [0.25, 0.3) is 0 Å². The van der Waals surface area contributed by atoms with Crippen LogP contribution in [0, 0.1) is 0 Å². The maximum absolute atomic E-state index is 5.89. The van der Waals surface area contributed by atoms with E-state index in [2.05, 4.69) is 31.3 Å². The highest BCUT2D eigenvalue weighted by atomic mass is 32.1. The molecule has 0 spiro atoms. The van der Waals surface area contributed by atoms with Gasteiger partial charge in [0.15, 0.2) is 16.0 Å². The molecule has 11 heteroatoms. The summed E-state index contributed by atoms with van der Waals surface area (Å²) in [7, 11) is 1.70. The number of aryl methyl sites for hydroxylation is 1. The third-order valence-corrected chi connectivity index (χ3v) is 4.17. The molecule has 0 unspecified atom stereocenters. The molecule has 5 N–H and O–H groups in total. The van der Waals surface area contributed by atoms with Crippen molar-refractivity contribution in [1.29, 1.82) is 0 Å². The minimum Gasteiger partial charge on any atom is -0.459 e. The Kier molecular flexibility index (Phi) is 9.11. The van der Waals surface area contributed by atoms with Crippen LogP contribution in [0.4, 0.5) is 0 Å². The monoisotopic (exact) mass is 411 g/mol. The maximum atomic E-state index is 5.89. The standard InChI is InChI=1S/C16H25N7O2S2/c1-18-16(27)22-19-11-13(20-21-15(17)26)14-5-4-12(25-14)3-2-6-23-7-9-24-10-8-23/h4-5,11H,2-3,6-10H2,1H3,(H3,17,21,26)(H2,18,22,27)/b19-11+,20-13+. The summed E-state index contributed by atoms with van der Waals surface area (Å²) in [5, 5.41) is 11.3. The molecule has 9 nitrogen and oxygen atoms in total. The fraction of sp³-hybridized carbons (Fsp3) is 0.500. The minimum absolute atomic E-state index is 0.0527. The van der Waals surface area contributed by atoms with Gasteiger partial charge in [-0.3, -0.25) is 15.8 Å². The molecule has 1 aromatic heterocycles. The van der Waals surface area contributed by atoms with Crippen LogP contribution in [-0.4, -0.2) is 66.9 Å². The second kappa shape index (κ2) is 11.6. The molecule has 27 heavy (non-hydrogen) atoms. The molecule has 1 fully saturated rings. The van der Waals surface area contributed by atoms with Crippen LogP contribution in [0.1, 0.15) is 17.9 Å². The lowest BCUT2D eigenvalue weighted by Gasteiger charge is -2.26. The van der Waals surface area contributed by atoms with Crippen LogP contribution >= 0.6 is 24.4 Å². The van der Waals surface area contributed by atoms with E-state index in [1.807, 2.05) is 12.1 Å². The van der Waals surface area contributed by atoms with Crippen LogP contribution in [-0.2, 0) is 11.2 Å². The molecule has 1 saturated heterocycles. The Morgan fingerprint density at radius 3 is 2.78 bits per heavy atom. The zero-order valence-corrected chi connectivity index (χ0v) is 16.9. The molecule has 1 aliphatic rings. The van der Waals surface area contributed by atoms with Gasteiger partial charge < -0.3 is 20.2 Å². The Bertz CT molecular complexity index is 684. The number of nitrogens with two attached hydrogens (primary N) is 1. The van der Waals surface area contributed by atoms with Gasteiger partial charge in [0.2, 0.25) is 0 Å². The molecule has 0 amide bonds. The summed E-state index contributed by atoms with van der Waals surface area (Å²) in [6.07, 6.45) is 3.33. The smallest absolute Gasteiger partial charge is 0.186 e. The number of ether oxygens (including phenoxy) is 1. The summed E-state index contributed by atoms with van der Waals surface area (Å²) in [5.74, 6) is 1.44. The first-order chi connectivity index (χ1) is 13.1. The number of hydrogen-bond donors (Lipinski definition) is 4. The van der Waals surface area contributed by atoms with Gasteiger partial charge in [0.1, 0.15) is 11.5 Å². The molecule has 2 heterocycles. The Morgan fingerprint density at radius 1 is 1.30 bits per heavy atom. The third-order valence-electron chi connectivity index (χ3n) is 3.78. The van der Waals surface area contributed by atoms with Crippen LogP contribution in [0.2, 0.25) is 0 Å². The van der Waals surface area contributed by atoms with E-state index in [0.717, 1.165) is 51.4 Å². The van der Waals surface area contributed by atoms with Crippen molar-refractivity contribution in [1.82, 2.24) is 21.1 Å². The Hall–Kier alpha value is -2.08. The van der Waals surface area contributed by atoms with E-state index in [1.54, 1.807) is 7.05 Å². The molecular formula is C16H25N7O2S2. The summed E-state index contributed by atoms with van der Waals surface area (Å²) in [5.41, 5.74) is 11.1. The van der Waals surface area contributed by atoms with Gasteiger partial charge in [0.05, 0.1) is 19.4 Å². The number of thiocarbonyl (C=S) groups is 2. The van der Waals surface area contributed by atoms with Gasteiger partial charge in [0, 0.05) is 26.6 Å². The van der Waals surface area contributed by atoms with Crippen molar-refractivity contribution >= 4 is 46.6 Å². The highest BCUT2D eigenvalue weighted by Gasteiger charge is 2.11. The predicted molar refractivity (Wildman–Crippen MR) is 114 cm³/mol. The molecule has 0 radical (unpaired) electrons. The number of furan rings is 1. The predicted octanol–water partition coefficient (Wildman–Crippen LogP) is 0.161. The quantitative estimate of drug-likeness (QED) is 0.270. The lowest BCUT2D eigenvalue weighted by atomic mass is 10.2. The van der Waals surface area contributed by atoms with Crippen LogP contribution in [0.15, 0.2) is 26.8 Å². The Balaban J connectivity index is 1.93. The molecular weight excluding hydrogens is 386 g/mol. The zero-order chi connectivity index (χ0) is 19.5. The van der Waals surface area contributed by atoms with Crippen LogP contribution < -0.4 is 21.9 Å². The molecule has 0 saturated carbocycles. The summed E-state index contributed by atoms with van der Waals surface area (Å²) < 4.78 is 11.2. The molecule has 1 aliphatic heterocycles. The summed E-state index contributed by atoms with van der Waals surface area (Å²) in [6.45, 7) is 4.62. The Morgan fingerprint density at radius 2 is 2.07 bits per heavy atom. The maximum Gasteiger partial charge on any atom is 0.186 e. The number of nitrogens with zero attached hydrogens (tertiary/aromatic N) is 3. The molecule has 0 bridgehead atoms. The van der Waals surface area contributed by atoms with Crippen molar-refractivity contribution in [2.45, 2.75) is 12.8 Å². The first kappa shape index (κ1) is 21.2. The number of hydrogen-bond acceptors (Lipinski definition) is 7. The summed E-state index contributed by atoms with van der Waals surface area (Å²) >= 11 is 9.75. The third kappa shape index (κ3) is 7.99. The fourth-order valence-electron chi connectivity index (χ4n) is 2.42. The number of morpholine rings is 1. The molecule has 1 aromatic rings. The SMILES string of the molecule is CNC(=S)N/N=C/C(=N\NC(N)=S)c1ccc(CCCN2CCOCC2)o1. The largest absolute Gasteiger partial charge is 0.459 e. The van der Waals surface area contributed by atoms with Gasteiger partial charge in [-0.05, 0) is 49.5 Å². The number of nitrogens with one attached hydrogen (secondary N) is 3. The molecule has 148 valence electrons. The van der Waals surface area contributed by atoms with Gasteiger partial charge in [-0.1, -0.05) is 0 Å². The highest BCUT2D eigenvalue weighted by Crippen LogP contribution is 2.11. The first-order valence-corrected chi connectivity index (χ1v) is 9.43. The topological polar surface area (TPSA) is 112 Å². The van der Waals surface area contributed by atoms with Gasteiger partial charge in [-0.15, -0.1) is 0 Å². The van der Waals surface area contributed by atoms with Gasteiger partial charge in [-0.2, -0.15) is 10.2 Å². The minimum atomic E-state index is 0.0527. The molecule has 0 atom stereocenters. The number of rotatable bonds is 8. The van der Waals surface area contributed by atoms with E-state index in [4.69, 9.17) is 39.3 Å². The summed E-state index contributed by atoms with van der Waals surface area (Å²) in [4.78, 5) is 2.40. The second-order valence-corrected chi connectivity index (χ2v) is 6.59. The van der Waals surface area contributed by atoms with Crippen molar-refractivity contribution in [2.24, 2.45) is 15.9 Å². The zero-order valence-electron chi connectivity index (χ0n) is 15.2. The second-order valence-electron chi connectivity index (χ2n) is 5.75. The van der Waals surface area contributed by atoms with Crippen molar-refractivity contribution in [3.63, 3.8) is 0 Å². The fourth-order valence-corrected chi connectivity index (χ4v) is 2.52. The molecule has 0 aromatic carbocycles. The van der Waals surface area contributed by atoms with Crippen molar-refractivity contribution in [3.05, 3.63) is 23.7 Å². The van der Waals surface area contributed by atoms with Crippen molar-refractivity contribution < 1.29 is 9.15 Å². The van der Waals surface area contributed by atoms with E-state index in [0.29, 0.717) is 16.6 Å². The van der Waals surface area contributed by atoms with E-state index in [-0.39, 0.29) is 5.11 Å². The average molecular weight is 412 g/mol. The van der Waals surface area contributed by atoms with E-state index < -0.39 is 0 Å². The normalized spacial score (nSPS) is 15.7. The van der Waals surface area contributed by atoms with Crippen LogP contribution in [0.5, 0.6) is 0 Å². The Labute approximate surface area is 169 Å². The molecule has 0 aliphatic carbocycles. The van der Waals surface area contributed by atoms with E-state index in [1.165, 1.54) is 6.21 Å². The van der Waals surface area contributed by atoms with E-state index in [9.17, 15) is 0 Å². The lowest BCUT2D eigenvalue weighted by Crippen LogP contribution is -2.36. The van der Waals surface area contributed by atoms with E-state index >= 15 is 0 Å². The first-order valence-electron chi connectivity index (χ1n) is 8.61. The van der Waals surface area contributed by atoms with Gasteiger partial charge in [0.25, 0.3) is 0 Å². The van der Waals surface area contributed by atoms with Gasteiger partial charge in [-0.25, -0.2) is 0 Å². The summed E-state index contributed by atoms with van der Waals surface area (Å²) in [6, 6.07) is 3.77. The molecule has 2 rings (SSSR count). The average Bonchev–Trinajstić information content (AvgIpc) is 3.13. The highest BCUT2D eigenvalue weighted by molar-refractivity contribution is 7.80. The van der Waals surface area contributed by atoms with Gasteiger partial charge >= 0.3 is 0 Å². The van der Waals surface area contributed by atoms with Crippen LogP contribution in [0.3, 0.4) is 0 Å². The lowest BCUT2D eigenvalue weighted by molar-refractivity contribution is 0.0373. The van der Waals surface area contributed by atoms with Crippen molar-refractivity contribution in [3.8, 4) is 0 Å². The number of hydrazone groups is 2.